The first-order valence-electron chi connectivity index (χ1n) is 6.14. The van der Waals surface area contributed by atoms with Crippen molar-refractivity contribution in [2.45, 2.75) is 6.92 Å². The summed E-state index contributed by atoms with van der Waals surface area (Å²) >= 11 is 7.07. The molecule has 1 fully saturated rings. The van der Waals surface area contributed by atoms with Crippen LogP contribution in [0.3, 0.4) is 0 Å². The molecule has 1 aromatic carbocycles. The molecule has 0 amide bonds. The van der Waals surface area contributed by atoms with E-state index in [1.807, 2.05) is 0 Å². The summed E-state index contributed by atoms with van der Waals surface area (Å²) in [6.07, 6.45) is 0. The SMILES string of the molecule is CCOC(=O)[C@@]1(C#N)C(=O)CSC1=Nc1ccccc1Cl. The largest absolute Gasteiger partial charge is 0.464 e. The molecule has 0 unspecified atom stereocenters. The molecular weight excluding hydrogens is 312 g/mol. The Bertz CT molecular complexity index is 668. The lowest BCUT2D eigenvalue weighted by atomic mass is 9.87. The van der Waals surface area contributed by atoms with Crippen molar-refractivity contribution >= 4 is 45.8 Å². The fourth-order valence-corrected chi connectivity index (χ4v) is 3.12. The number of hydrogen-bond acceptors (Lipinski definition) is 6. The minimum Gasteiger partial charge on any atom is -0.464 e. The summed E-state index contributed by atoms with van der Waals surface area (Å²) < 4.78 is 4.88. The number of rotatable bonds is 3. The van der Waals surface area contributed by atoms with Gasteiger partial charge in [-0.3, -0.25) is 4.79 Å². The highest BCUT2D eigenvalue weighted by atomic mass is 35.5. The van der Waals surface area contributed by atoms with Gasteiger partial charge >= 0.3 is 5.97 Å². The van der Waals surface area contributed by atoms with Gasteiger partial charge in [0.25, 0.3) is 5.41 Å². The Morgan fingerprint density at radius 3 is 2.90 bits per heavy atom. The van der Waals surface area contributed by atoms with Gasteiger partial charge < -0.3 is 4.74 Å². The van der Waals surface area contributed by atoms with Crippen LogP contribution in [0.2, 0.25) is 5.02 Å². The first-order chi connectivity index (χ1) is 10.1. The molecule has 1 heterocycles. The van der Waals surface area contributed by atoms with Crippen molar-refractivity contribution in [1.82, 2.24) is 0 Å². The molecule has 5 nitrogen and oxygen atoms in total. The number of benzene rings is 1. The third-order valence-corrected chi connectivity index (χ3v) is 4.30. The number of para-hydroxylation sites is 1. The maximum absolute atomic E-state index is 12.1. The zero-order chi connectivity index (χ0) is 15.5. The second-order valence-electron chi connectivity index (χ2n) is 4.16. The topological polar surface area (TPSA) is 79.5 Å². The average molecular weight is 323 g/mol. The lowest BCUT2D eigenvalue weighted by Crippen LogP contribution is -2.41. The predicted octanol–water partition coefficient (Wildman–Crippen LogP) is 2.76. The molecular formula is C14H11ClN2O3S. The number of halogens is 1. The van der Waals surface area contributed by atoms with Crippen LogP contribution in [0.1, 0.15) is 6.92 Å². The summed E-state index contributed by atoms with van der Waals surface area (Å²) in [5.74, 6) is -1.39. The molecule has 0 spiro atoms. The van der Waals surface area contributed by atoms with Crippen LogP contribution in [-0.2, 0) is 14.3 Å². The van der Waals surface area contributed by atoms with E-state index in [0.717, 1.165) is 11.8 Å². The lowest BCUT2D eigenvalue weighted by Gasteiger charge is -2.17. The number of hydrogen-bond donors (Lipinski definition) is 0. The van der Waals surface area contributed by atoms with Crippen LogP contribution in [0.4, 0.5) is 5.69 Å². The molecule has 1 aliphatic heterocycles. The monoisotopic (exact) mass is 322 g/mol. The van der Waals surface area contributed by atoms with E-state index in [9.17, 15) is 14.9 Å². The molecule has 2 rings (SSSR count). The first kappa shape index (κ1) is 15.5. The minimum atomic E-state index is -1.97. The standard InChI is InChI=1S/C14H11ClN2O3S/c1-2-20-13(19)14(8-16)11(18)7-21-12(14)17-10-6-4-3-5-9(10)15/h3-6H,2,7H2,1H3/t14-/m0/s1. The van der Waals surface area contributed by atoms with E-state index in [2.05, 4.69) is 4.99 Å². The predicted molar refractivity (Wildman–Crippen MR) is 80.7 cm³/mol. The van der Waals surface area contributed by atoms with Crippen LogP contribution in [0.15, 0.2) is 29.3 Å². The van der Waals surface area contributed by atoms with Gasteiger partial charge in [0.05, 0.1) is 29.1 Å². The number of carbonyl (C=O) groups excluding carboxylic acids is 2. The van der Waals surface area contributed by atoms with Crippen molar-refractivity contribution in [3.05, 3.63) is 29.3 Å². The molecule has 1 aliphatic rings. The van der Waals surface area contributed by atoms with E-state index in [1.165, 1.54) is 0 Å². The fraction of sp³-hybridized carbons (Fsp3) is 0.286. The van der Waals surface area contributed by atoms with Crippen LogP contribution >= 0.6 is 23.4 Å². The Morgan fingerprint density at radius 1 is 1.57 bits per heavy atom. The molecule has 1 aromatic rings. The van der Waals surface area contributed by atoms with Gasteiger partial charge in [0, 0.05) is 0 Å². The van der Waals surface area contributed by atoms with Crippen molar-refractivity contribution < 1.29 is 14.3 Å². The number of ether oxygens (including phenoxy) is 1. The van der Waals surface area contributed by atoms with Crippen molar-refractivity contribution in [3.63, 3.8) is 0 Å². The fourth-order valence-electron chi connectivity index (χ4n) is 1.83. The lowest BCUT2D eigenvalue weighted by molar-refractivity contribution is -0.151. The van der Waals surface area contributed by atoms with Crippen molar-refractivity contribution in [1.29, 1.82) is 5.26 Å². The molecule has 0 radical (unpaired) electrons. The van der Waals surface area contributed by atoms with Gasteiger partial charge in [-0.15, -0.1) is 11.8 Å². The molecule has 0 saturated carbocycles. The molecule has 1 atom stereocenters. The van der Waals surface area contributed by atoms with E-state index in [1.54, 1.807) is 37.3 Å². The second-order valence-corrected chi connectivity index (χ2v) is 5.53. The Labute approximate surface area is 130 Å². The number of ketones is 1. The third-order valence-electron chi connectivity index (χ3n) is 2.90. The normalized spacial score (nSPS) is 23.1. The summed E-state index contributed by atoms with van der Waals surface area (Å²) in [5, 5.41) is 9.89. The van der Waals surface area contributed by atoms with E-state index < -0.39 is 17.2 Å². The first-order valence-corrected chi connectivity index (χ1v) is 7.51. The molecule has 0 N–H and O–H groups in total. The van der Waals surface area contributed by atoms with Crippen LogP contribution in [-0.4, -0.2) is 29.2 Å². The van der Waals surface area contributed by atoms with Gasteiger partial charge in [-0.05, 0) is 19.1 Å². The van der Waals surface area contributed by atoms with Crippen molar-refractivity contribution in [2.24, 2.45) is 10.4 Å². The number of esters is 1. The smallest absolute Gasteiger partial charge is 0.341 e. The zero-order valence-electron chi connectivity index (χ0n) is 11.1. The molecule has 21 heavy (non-hydrogen) atoms. The van der Waals surface area contributed by atoms with Gasteiger partial charge in [0.15, 0.2) is 5.78 Å². The van der Waals surface area contributed by atoms with E-state index >= 15 is 0 Å². The Morgan fingerprint density at radius 2 is 2.29 bits per heavy atom. The average Bonchev–Trinajstić information content (AvgIpc) is 2.79. The van der Waals surface area contributed by atoms with E-state index in [0.29, 0.717) is 10.7 Å². The maximum atomic E-state index is 12.1. The summed E-state index contributed by atoms with van der Waals surface area (Å²) in [6, 6.07) is 8.53. The number of aliphatic imine (C=N–C) groups is 1. The highest BCUT2D eigenvalue weighted by Gasteiger charge is 2.57. The van der Waals surface area contributed by atoms with E-state index in [4.69, 9.17) is 16.3 Å². The van der Waals surface area contributed by atoms with E-state index in [-0.39, 0.29) is 17.4 Å². The van der Waals surface area contributed by atoms with Gasteiger partial charge in [-0.2, -0.15) is 5.26 Å². The summed E-state index contributed by atoms with van der Waals surface area (Å²) in [5.41, 5.74) is -1.57. The van der Waals surface area contributed by atoms with Crippen LogP contribution in [0.25, 0.3) is 0 Å². The number of Topliss-reactive ketones (excluding diaryl/α,β-unsaturated/α-hetero) is 1. The van der Waals surface area contributed by atoms with Gasteiger partial charge in [-0.1, -0.05) is 23.7 Å². The van der Waals surface area contributed by atoms with Gasteiger partial charge in [-0.25, -0.2) is 9.79 Å². The summed E-state index contributed by atoms with van der Waals surface area (Å²) in [4.78, 5) is 28.4. The zero-order valence-corrected chi connectivity index (χ0v) is 12.7. The third kappa shape index (κ3) is 2.67. The molecule has 0 aromatic heterocycles. The van der Waals surface area contributed by atoms with Crippen LogP contribution in [0.5, 0.6) is 0 Å². The highest BCUT2D eigenvalue weighted by molar-refractivity contribution is 8.15. The van der Waals surface area contributed by atoms with Crippen molar-refractivity contribution in [2.75, 3.05) is 12.4 Å². The minimum absolute atomic E-state index is 0.00958. The van der Waals surface area contributed by atoms with Crippen LogP contribution in [0, 0.1) is 16.7 Å². The summed E-state index contributed by atoms with van der Waals surface area (Å²) in [7, 11) is 0. The summed E-state index contributed by atoms with van der Waals surface area (Å²) in [6.45, 7) is 1.69. The maximum Gasteiger partial charge on any atom is 0.341 e. The highest BCUT2D eigenvalue weighted by Crippen LogP contribution is 2.39. The second kappa shape index (κ2) is 6.29. The number of nitriles is 1. The van der Waals surface area contributed by atoms with Gasteiger partial charge in [0.1, 0.15) is 5.04 Å². The molecule has 1 saturated heterocycles. The Kier molecular flexibility index (Phi) is 4.66. The molecule has 0 aliphatic carbocycles. The van der Waals surface area contributed by atoms with Crippen LogP contribution < -0.4 is 0 Å². The number of nitrogens with zero attached hydrogens (tertiary/aromatic N) is 2. The van der Waals surface area contributed by atoms with Crippen molar-refractivity contribution in [3.8, 4) is 6.07 Å². The molecule has 0 bridgehead atoms. The number of carbonyl (C=O) groups is 2. The number of thioether (sulfide) groups is 1. The molecule has 7 heteroatoms. The Hall–Kier alpha value is -1.84. The Balaban J connectivity index is 2.52. The van der Waals surface area contributed by atoms with Gasteiger partial charge in [0.2, 0.25) is 0 Å². The quantitative estimate of drug-likeness (QED) is 0.631. The molecule has 108 valence electrons.